The molecule has 0 aromatic carbocycles. The summed E-state index contributed by atoms with van der Waals surface area (Å²) in [5, 5.41) is 11.6. The number of hydrogen-bond donors (Lipinski definition) is 2. The zero-order chi connectivity index (χ0) is 12.0. The fourth-order valence-corrected chi connectivity index (χ4v) is 1.18. The number of rotatable bonds is 6. The van der Waals surface area contributed by atoms with Crippen molar-refractivity contribution in [2.75, 3.05) is 20.2 Å². The van der Waals surface area contributed by atoms with Crippen LogP contribution in [0.2, 0.25) is 0 Å². The Morgan fingerprint density at radius 2 is 2.44 bits per heavy atom. The van der Waals surface area contributed by atoms with Gasteiger partial charge in [0.1, 0.15) is 5.76 Å². The van der Waals surface area contributed by atoms with Gasteiger partial charge in [-0.15, -0.1) is 0 Å². The minimum atomic E-state index is -0.0841. The Balaban J connectivity index is 2.25. The van der Waals surface area contributed by atoms with E-state index in [1.807, 2.05) is 6.92 Å². The van der Waals surface area contributed by atoms with E-state index < -0.39 is 0 Å². The van der Waals surface area contributed by atoms with Crippen LogP contribution < -0.4 is 5.32 Å². The number of amides is 1. The molecule has 1 unspecified atom stereocenters. The standard InChI is InChI=1S/C11H18N2O3/c1-9(8-14)13(2)7-11(15)12-6-10-4-3-5-16-10/h3-5,9,14H,6-8H2,1-2H3,(H,12,15). The van der Waals surface area contributed by atoms with Gasteiger partial charge in [0.15, 0.2) is 0 Å². The second kappa shape index (κ2) is 6.30. The van der Waals surface area contributed by atoms with Crippen molar-refractivity contribution in [3.8, 4) is 0 Å². The molecule has 0 aliphatic heterocycles. The summed E-state index contributed by atoms with van der Waals surface area (Å²) in [6.45, 7) is 2.57. The Hall–Kier alpha value is -1.33. The van der Waals surface area contributed by atoms with E-state index in [9.17, 15) is 4.79 Å². The van der Waals surface area contributed by atoms with E-state index in [1.54, 1.807) is 30.3 Å². The summed E-state index contributed by atoms with van der Waals surface area (Å²) in [4.78, 5) is 13.3. The zero-order valence-corrected chi connectivity index (χ0v) is 9.64. The van der Waals surface area contributed by atoms with Crippen molar-refractivity contribution < 1.29 is 14.3 Å². The van der Waals surface area contributed by atoms with Crippen LogP contribution in [0.1, 0.15) is 12.7 Å². The first-order valence-corrected chi connectivity index (χ1v) is 5.23. The molecule has 16 heavy (non-hydrogen) atoms. The van der Waals surface area contributed by atoms with Gasteiger partial charge >= 0.3 is 0 Å². The molecular formula is C11H18N2O3. The second-order valence-corrected chi connectivity index (χ2v) is 3.80. The van der Waals surface area contributed by atoms with Gasteiger partial charge in [0.25, 0.3) is 0 Å². The topological polar surface area (TPSA) is 65.7 Å². The highest BCUT2D eigenvalue weighted by Crippen LogP contribution is 1.99. The maximum absolute atomic E-state index is 11.5. The number of aliphatic hydroxyl groups excluding tert-OH is 1. The Kier molecular flexibility index (Phi) is 5.01. The van der Waals surface area contributed by atoms with Crippen molar-refractivity contribution in [2.45, 2.75) is 19.5 Å². The number of nitrogens with zero attached hydrogens (tertiary/aromatic N) is 1. The SMILES string of the molecule is CC(CO)N(C)CC(=O)NCc1ccco1. The van der Waals surface area contributed by atoms with E-state index in [4.69, 9.17) is 9.52 Å². The number of furan rings is 1. The molecule has 1 rings (SSSR count). The van der Waals surface area contributed by atoms with Gasteiger partial charge < -0.3 is 14.8 Å². The van der Waals surface area contributed by atoms with Crippen LogP contribution in [-0.2, 0) is 11.3 Å². The average molecular weight is 226 g/mol. The van der Waals surface area contributed by atoms with Gasteiger partial charge in [-0.25, -0.2) is 0 Å². The number of aliphatic hydroxyl groups is 1. The van der Waals surface area contributed by atoms with Crippen molar-refractivity contribution in [1.82, 2.24) is 10.2 Å². The van der Waals surface area contributed by atoms with E-state index in [0.29, 0.717) is 6.54 Å². The summed E-state index contributed by atoms with van der Waals surface area (Å²) in [7, 11) is 1.80. The molecule has 2 N–H and O–H groups in total. The monoisotopic (exact) mass is 226 g/mol. The van der Waals surface area contributed by atoms with Crippen LogP contribution in [0.25, 0.3) is 0 Å². The molecule has 0 saturated heterocycles. The van der Waals surface area contributed by atoms with Gasteiger partial charge in [0, 0.05) is 6.04 Å². The van der Waals surface area contributed by atoms with Gasteiger partial charge in [0.05, 0.1) is 26.0 Å². The lowest BCUT2D eigenvalue weighted by Gasteiger charge is -2.21. The van der Waals surface area contributed by atoms with Gasteiger partial charge in [-0.3, -0.25) is 9.69 Å². The molecule has 0 aliphatic rings. The van der Waals surface area contributed by atoms with Crippen LogP contribution in [0, 0.1) is 0 Å². The molecule has 1 heterocycles. The predicted molar refractivity (Wildman–Crippen MR) is 59.7 cm³/mol. The number of carbonyl (C=O) groups excluding carboxylic acids is 1. The normalized spacial score (nSPS) is 12.8. The summed E-state index contributed by atoms with van der Waals surface area (Å²) < 4.78 is 5.09. The molecule has 0 saturated carbocycles. The first kappa shape index (κ1) is 12.7. The fourth-order valence-electron chi connectivity index (χ4n) is 1.18. The van der Waals surface area contributed by atoms with E-state index in [1.165, 1.54) is 0 Å². The van der Waals surface area contributed by atoms with Crippen LogP contribution in [0.4, 0.5) is 0 Å². The molecule has 5 nitrogen and oxygen atoms in total. The summed E-state index contributed by atoms with van der Waals surface area (Å²) >= 11 is 0. The van der Waals surface area contributed by atoms with E-state index >= 15 is 0 Å². The zero-order valence-electron chi connectivity index (χ0n) is 9.64. The quantitative estimate of drug-likeness (QED) is 0.727. The summed E-state index contributed by atoms with van der Waals surface area (Å²) in [6, 6.07) is 3.57. The third kappa shape index (κ3) is 4.04. The van der Waals surface area contributed by atoms with Gasteiger partial charge in [-0.1, -0.05) is 0 Å². The highest BCUT2D eigenvalue weighted by molar-refractivity contribution is 5.77. The summed E-state index contributed by atoms with van der Waals surface area (Å²) in [5.74, 6) is 0.644. The lowest BCUT2D eigenvalue weighted by Crippen LogP contribution is -2.40. The van der Waals surface area contributed by atoms with Crippen molar-refractivity contribution in [3.63, 3.8) is 0 Å². The second-order valence-electron chi connectivity index (χ2n) is 3.80. The lowest BCUT2D eigenvalue weighted by molar-refractivity contribution is -0.122. The van der Waals surface area contributed by atoms with Crippen molar-refractivity contribution in [3.05, 3.63) is 24.2 Å². The van der Waals surface area contributed by atoms with Crippen LogP contribution in [-0.4, -0.2) is 42.2 Å². The summed E-state index contributed by atoms with van der Waals surface area (Å²) in [6.07, 6.45) is 1.57. The Bertz CT molecular complexity index is 311. The Morgan fingerprint density at radius 3 is 3.00 bits per heavy atom. The maximum atomic E-state index is 11.5. The maximum Gasteiger partial charge on any atom is 0.234 e. The van der Waals surface area contributed by atoms with Crippen LogP contribution in [0.3, 0.4) is 0 Å². The molecule has 1 amide bonds. The van der Waals surface area contributed by atoms with Crippen molar-refractivity contribution in [1.29, 1.82) is 0 Å². The highest BCUT2D eigenvalue weighted by Gasteiger charge is 2.11. The largest absolute Gasteiger partial charge is 0.467 e. The summed E-state index contributed by atoms with van der Waals surface area (Å²) in [5.41, 5.74) is 0. The van der Waals surface area contributed by atoms with Crippen molar-refractivity contribution >= 4 is 5.91 Å². The molecule has 90 valence electrons. The molecule has 0 fully saturated rings. The third-order valence-corrected chi connectivity index (χ3v) is 2.45. The minimum Gasteiger partial charge on any atom is -0.467 e. The van der Waals surface area contributed by atoms with Crippen LogP contribution in [0.15, 0.2) is 22.8 Å². The smallest absolute Gasteiger partial charge is 0.234 e. The van der Waals surface area contributed by atoms with E-state index in [0.717, 1.165) is 5.76 Å². The molecular weight excluding hydrogens is 208 g/mol. The number of likely N-dealkylation sites (N-methyl/N-ethyl adjacent to an activating group) is 1. The molecule has 0 radical (unpaired) electrons. The van der Waals surface area contributed by atoms with Crippen LogP contribution in [0.5, 0.6) is 0 Å². The van der Waals surface area contributed by atoms with E-state index in [-0.39, 0.29) is 25.1 Å². The molecule has 1 aromatic rings. The molecule has 5 heteroatoms. The molecule has 1 aromatic heterocycles. The lowest BCUT2D eigenvalue weighted by atomic mass is 10.3. The molecule has 0 bridgehead atoms. The average Bonchev–Trinajstić information content (AvgIpc) is 2.78. The van der Waals surface area contributed by atoms with Gasteiger partial charge in [-0.05, 0) is 26.1 Å². The highest BCUT2D eigenvalue weighted by atomic mass is 16.3. The minimum absolute atomic E-state index is 0.0191. The predicted octanol–water partition coefficient (Wildman–Crippen LogP) is 0.208. The third-order valence-electron chi connectivity index (χ3n) is 2.45. The number of nitrogens with one attached hydrogen (secondary N) is 1. The van der Waals surface area contributed by atoms with E-state index in [2.05, 4.69) is 5.32 Å². The molecule has 0 spiro atoms. The number of carbonyl (C=O) groups is 1. The van der Waals surface area contributed by atoms with Crippen molar-refractivity contribution in [2.24, 2.45) is 0 Å². The Labute approximate surface area is 95.0 Å². The Morgan fingerprint density at radius 1 is 1.69 bits per heavy atom. The van der Waals surface area contributed by atoms with Crippen LogP contribution >= 0.6 is 0 Å². The molecule has 0 aliphatic carbocycles. The van der Waals surface area contributed by atoms with Gasteiger partial charge in [0.2, 0.25) is 5.91 Å². The molecule has 1 atom stereocenters. The first-order valence-electron chi connectivity index (χ1n) is 5.23. The fraction of sp³-hybridized carbons (Fsp3) is 0.545. The number of hydrogen-bond acceptors (Lipinski definition) is 4. The first-order chi connectivity index (χ1) is 7.63. The van der Waals surface area contributed by atoms with Gasteiger partial charge in [-0.2, -0.15) is 0 Å².